The number of Topliss-reactive ketones (excluding diaryl/α,β-unsaturated/α-hetero) is 1. The van der Waals surface area contributed by atoms with Crippen molar-refractivity contribution in [2.75, 3.05) is 34.4 Å². The summed E-state index contributed by atoms with van der Waals surface area (Å²) in [5, 5.41) is 0. The molecule has 0 aliphatic carbocycles. The van der Waals surface area contributed by atoms with Gasteiger partial charge in [0.25, 0.3) is 0 Å². The zero-order chi connectivity index (χ0) is 16.4. The first kappa shape index (κ1) is 18.5. The number of rotatable bonds is 11. The van der Waals surface area contributed by atoms with Gasteiger partial charge < -0.3 is 14.4 Å². The summed E-state index contributed by atoms with van der Waals surface area (Å²) < 4.78 is 10.4. The molecule has 0 radical (unpaired) electrons. The number of unbranched alkanes of at least 4 members (excludes halogenated alkanes) is 2. The molecule has 0 aliphatic heterocycles. The molecule has 22 heavy (non-hydrogen) atoms. The second kappa shape index (κ2) is 10.2. The molecule has 0 N–H and O–H groups in total. The minimum Gasteiger partial charge on any atom is -0.493 e. The van der Waals surface area contributed by atoms with Gasteiger partial charge in [0.15, 0.2) is 17.3 Å². The van der Waals surface area contributed by atoms with Gasteiger partial charge in [-0.2, -0.15) is 0 Å². The van der Waals surface area contributed by atoms with Crippen LogP contribution in [-0.4, -0.2) is 45.0 Å². The van der Waals surface area contributed by atoms with E-state index in [1.54, 1.807) is 32.4 Å². The molecular weight excluding hydrogens is 278 g/mol. The summed E-state index contributed by atoms with van der Waals surface area (Å²) in [5.41, 5.74) is 0.692. The Hall–Kier alpha value is -1.55. The lowest BCUT2D eigenvalue weighted by Gasteiger charge is -2.15. The van der Waals surface area contributed by atoms with Crippen molar-refractivity contribution in [3.63, 3.8) is 0 Å². The molecule has 4 nitrogen and oxygen atoms in total. The van der Waals surface area contributed by atoms with Crippen LogP contribution in [0.2, 0.25) is 0 Å². The first-order valence-electron chi connectivity index (χ1n) is 8.06. The molecule has 124 valence electrons. The lowest BCUT2D eigenvalue weighted by atomic mass is 10.0. The van der Waals surface area contributed by atoms with Gasteiger partial charge in [0, 0.05) is 12.0 Å². The fraction of sp³-hybridized carbons (Fsp3) is 0.611. The summed E-state index contributed by atoms with van der Waals surface area (Å²) in [4.78, 5) is 14.6. The second-order valence-corrected chi connectivity index (χ2v) is 5.61. The van der Waals surface area contributed by atoms with Crippen molar-refractivity contribution in [2.45, 2.75) is 39.0 Å². The molecule has 1 rings (SSSR count). The zero-order valence-corrected chi connectivity index (χ0v) is 14.4. The number of ether oxygens (including phenoxy) is 2. The molecule has 0 saturated carbocycles. The van der Waals surface area contributed by atoms with Crippen molar-refractivity contribution >= 4 is 5.78 Å². The van der Waals surface area contributed by atoms with Crippen molar-refractivity contribution in [1.29, 1.82) is 0 Å². The minimum atomic E-state index is 0.164. The highest BCUT2D eigenvalue weighted by Crippen LogP contribution is 2.28. The van der Waals surface area contributed by atoms with Crippen LogP contribution in [0.4, 0.5) is 0 Å². The molecule has 0 bridgehead atoms. The highest BCUT2D eigenvalue weighted by molar-refractivity contribution is 5.96. The van der Waals surface area contributed by atoms with E-state index in [9.17, 15) is 4.79 Å². The number of carbonyl (C=O) groups is 1. The molecule has 1 aromatic carbocycles. The van der Waals surface area contributed by atoms with Gasteiger partial charge in [-0.3, -0.25) is 4.79 Å². The standard InChI is InChI=1S/C18H29NO3/c1-5-6-12-19(2)13-8-7-9-16(20)15-10-11-17(21-3)18(14-15)22-4/h10-11,14H,5-9,12-13H2,1-4H3. The Morgan fingerprint density at radius 3 is 2.36 bits per heavy atom. The number of methoxy groups -OCH3 is 2. The van der Waals surface area contributed by atoms with E-state index in [-0.39, 0.29) is 5.78 Å². The van der Waals surface area contributed by atoms with E-state index in [2.05, 4.69) is 18.9 Å². The number of nitrogens with zero attached hydrogens (tertiary/aromatic N) is 1. The SMILES string of the molecule is CCCCN(C)CCCCC(=O)c1ccc(OC)c(OC)c1. The maximum absolute atomic E-state index is 12.2. The summed E-state index contributed by atoms with van der Waals surface area (Å²) >= 11 is 0. The van der Waals surface area contributed by atoms with E-state index in [0.29, 0.717) is 23.5 Å². The molecule has 0 atom stereocenters. The van der Waals surface area contributed by atoms with E-state index in [4.69, 9.17) is 9.47 Å². The van der Waals surface area contributed by atoms with Crippen LogP contribution in [0.1, 0.15) is 49.4 Å². The van der Waals surface area contributed by atoms with Gasteiger partial charge >= 0.3 is 0 Å². The Morgan fingerprint density at radius 2 is 1.73 bits per heavy atom. The monoisotopic (exact) mass is 307 g/mol. The Bertz CT molecular complexity index is 460. The van der Waals surface area contributed by atoms with Gasteiger partial charge in [-0.15, -0.1) is 0 Å². The topological polar surface area (TPSA) is 38.8 Å². The number of hydrogen-bond donors (Lipinski definition) is 0. The third-order valence-electron chi connectivity index (χ3n) is 3.79. The van der Waals surface area contributed by atoms with E-state index in [1.807, 2.05) is 0 Å². The van der Waals surface area contributed by atoms with Crippen LogP contribution in [0, 0.1) is 0 Å². The van der Waals surface area contributed by atoms with Crippen LogP contribution < -0.4 is 9.47 Å². The first-order chi connectivity index (χ1) is 10.6. The summed E-state index contributed by atoms with van der Waals surface area (Å²) in [6.07, 6.45) is 5.02. The second-order valence-electron chi connectivity index (χ2n) is 5.61. The molecule has 4 heteroatoms. The third kappa shape index (κ3) is 6.06. The van der Waals surface area contributed by atoms with E-state index >= 15 is 0 Å². The average molecular weight is 307 g/mol. The van der Waals surface area contributed by atoms with Gasteiger partial charge in [0.1, 0.15) is 0 Å². The van der Waals surface area contributed by atoms with Crippen molar-refractivity contribution < 1.29 is 14.3 Å². The van der Waals surface area contributed by atoms with Crippen LogP contribution in [0.15, 0.2) is 18.2 Å². The van der Waals surface area contributed by atoms with Crippen molar-refractivity contribution in [3.8, 4) is 11.5 Å². The normalized spacial score (nSPS) is 10.8. The van der Waals surface area contributed by atoms with E-state index in [1.165, 1.54) is 12.8 Å². The fourth-order valence-corrected chi connectivity index (χ4v) is 2.36. The molecular formula is C18H29NO3. The fourth-order valence-electron chi connectivity index (χ4n) is 2.36. The lowest BCUT2D eigenvalue weighted by molar-refractivity contribution is 0.0978. The van der Waals surface area contributed by atoms with Crippen LogP contribution >= 0.6 is 0 Å². The van der Waals surface area contributed by atoms with Gasteiger partial charge in [-0.05, 0) is 57.6 Å². The Balaban J connectivity index is 2.39. The maximum Gasteiger partial charge on any atom is 0.163 e. The van der Waals surface area contributed by atoms with Crippen molar-refractivity contribution in [3.05, 3.63) is 23.8 Å². The minimum absolute atomic E-state index is 0.164. The number of hydrogen-bond acceptors (Lipinski definition) is 4. The average Bonchev–Trinajstić information content (AvgIpc) is 2.55. The lowest BCUT2D eigenvalue weighted by Crippen LogP contribution is -2.20. The maximum atomic E-state index is 12.2. The predicted octanol–water partition coefficient (Wildman–Crippen LogP) is 3.79. The summed E-state index contributed by atoms with van der Waals surface area (Å²) in [5.74, 6) is 1.42. The quantitative estimate of drug-likeness (QED) is 0.460. The molecule has 0 heterocycles. The van der Waals surface area contributed by atoms with Gasteiger partial charge in [-0.1, -0.05) is 13.3 Å². The van der Waals surface area contributed by atoms with E-state index < -0.39 is 0 Å². The summed E-state index contributed by atoms with van der Waals surface area (Å²) in [6.45, 7) is 4.40. The van der Waals surface area contributed by atoms with Gasteiger partial charge in [0.2, 0.25) is 0 Å². The van der Waals surface area contributed by atoms with Crippen LogP contribution in [0.5, 0.6) is 11.5 Å². The first-order valence-corrected chi connectivity index (χ1v) is 8.06. The van der Waals surface area contributed by atoms with E-state index in [0.717, 1.165) is 25.9 Å². The molecule has 0 aliphatic rings. The predicted molar refractivity (Wildman–Crippen MR) is 90.1 cm³/mol. The zero-order valence-electron chi connectivity index (χ0n) is 14.4. The van der Waals surface area contributed by atoms with Gasteiger partial charge in [-0.25, -0.2) is 0 Å². The molecule has 0 saturated heterocycles. The van der Waals surface area contributed by atoms with Crippen LogP contribution in [-0.2, 0) is 0 Å². The highest BCUT2D eigenvalue weighted by atomic mass is 16.5. The smallest absolute Gasteiger partial charge is 0.163 e. The molecule has 0 amide bonds. The number of carbonyl (C=O) groups excluding carboxylic acids is 1. The van der Waals surface area contributed by atoms with Crippen LogP contribution in [0.25, 0.3) is 0 Å². The molecule has 0 spiro atoms. The Kier molecular flexibility index (Phi) is 8.60. The van der Waals surface area contributed by atoms with Crippen molar-refractivity contribution in [1.82, 2.24) is 4.90 Å². The van der Waals surface area contributed by atoms with Crippen molar-refractivity contribution in [2.24, 2.45) is 0 Å². The molecule has 1 aromatic rings. The Labute approximate surface area is 134 Å². The number of benzene rings is 1. The number of ketones is 1. The largest absolute Gasteiger partial charge is 0.493 e. The van der Waals surface area contributed by atoms with Gasteiger partial charge in [0.05, 0.1) is 14.2 Å². The Morgan fingerprint density at radius 1 is 1.05 bits per heavy atom. The molecule has 0 unspecified atom stereocenters. The molecule has 0 aromatic heterocycles. The third-order valence-corrected chi connectivity index (χ3v) is 3.79. The summed E-state index contributed by atoms with van der Waals surface area (Å²) in [6, 6.07) is 5.34. The molecule has 0 fully saturated rings. The van der Waals surface area contributed by atoms with Crippen LogP contribution in [0.3, 0.4) is 0 Å². The summed E-state index contributed by atoms with van der Waals surface area (Å²) in [7, 11) is 5.32. The highest BCUT2D eigenvalue weighted by Gasteiger charge is 2.10.